The van der Waals surface area contributed by atoms with Crippen LogP contribution in [-0.4, -0.2) is 58.1 Å². The van der Waals surface area contributed by atoms with Crippen LogP contribution in [-0.2, 0) is 10.2 Å². The van der Waals surface area contributed by atoms with Crippen LogP contribution in [0.2, 0.25) is 0 Å². The Morgan fingerprint density at radius 2 is 1.92 bits per heavy atom. The standard InChI is InChI=1S/C20H31N3O3/c1-21-18(22-13-19(9-11-24)10-12-26-15-19)23-14-20(7-8-20)16-3-5-17(25-2)6-4-16/h3-6,24H,7-15H2,1-2H3,(H2,21,22,23). The molecular formula is C20H31N3O3. The summed E-state index contributed by atoms with van der Waals surface area (Å²) in [6.07, 6.45) is 4.11. The molecule has 2 fully saturated rings. The number of aliphatic imine (C=N–C) groups is 1. The van der Waals surface area contributed by atoms with E-state index in [4.69, 9.17) is 9.47 Å². The van der Waals surface area contributed by atoms with Gasteiger partial charge in [0.1, 0.15) is 5.75 Å². The second-order valence-electron chi connectivity index (χ2n) is 7.56. The molecule has 1 unspecified atom stereocenters. The van der Waals surface area contributed by atoms with Crippen molar-refractivity contribution in [1.82, 2.24) is 10.6 Å². The van der Waals surface area contributed by atoms with Crippen molar-refractivity contribution in [2.24, 2.45) is 10.4 Å². The summed E-state index contributed by atoms with van der Waals surface area (Å²) in [5.74, 6) is 1.71. The van der Waals surface area contributed by atoms with E-state index in [1.54, 1.807) is 14.2 Å². The van der Waals surface area contributed by atoms with E-state index in [1.807, 2.05) is 12.1 Å². The van der Waals surface area contributed by atoms with Gasteiger partial charge in [0.2, 0.25) is 0 Å². The fraction of sp³-hybridized carbons (Fsp3) is 0.650. The van der Waals surface area contributed by atoms with E-state index >= 15 is 0 Å². The predicted octanol–water partition coefficient (Wildman–Crippen LogP) is 1.68. The van der Waals surface area contributed by atoms with Gasteiger partial charge in [-0.3, -0.25) is 4.99 Å². The lowest BCUT2D eigenvalue weighted by Gasteiger charge is -2.28. The zero-order valence-electron chi connectivity index (χ0n) is 15.9. The van der Waals surface area contributed by atoms with Crippen LogP contribution in [0.15, 0.2) is 29.3 Å². The number of rotatable bonds is 8. The van der Waals surface area contributed by atoms with Crippen LogP contribution in [0.1, 0.15) is 31.2 Å². The highest BCUT2D eigenvalue weighted by Gasteiger charge is 2.44. The van der Waals surface area contributed by atoms with Crippen molar-refractivity contribution in [1.29, 1.82) is 0 Å². The minimum absolute atomic E-state index is 0.0135. The van der Waals surface area contributed by atoms with Crippen molar-refractivity contribution in [2.45, 2.75) is 31.1 Å². The smallest absolute Gasteiger partial charge is 0.191 e. The molecule has 0 amide bonds. The zero-order chi connectivity index (χ0) is 18.5. The van der Waals surface area contributed by atoms with Gasteiger partial charge in [0.05, 0.1) is 13.7 Å². The first kappa shape index (κ1) is 19.0. The molecule has 0 aromatic heterocycles. The minimum Gasteiger partial charge on any atom is -0.497 e. The lowest BCUT2D eigenvalue weighted by molar-refractivity contribution is 0.127. The summed E-state index contributed by atoms with van der Waals surface area (Å²) in [5.41, 5.74) is 1.56. The van der Waals surface area contributed by atoms with Crippen LogP contribution >= 0.6 is 0 Å². The van der Waals surface area contributed by atoms with Gasteiger partial charge in [-0.05, 0) is 43.4 Å². The SMILES string of the molecule is CN=C(NCC1(CCO)CCOC1)NCC1(c2ccc(OC)cc2)CC1. The molecule has 0 bridgehead atoms. The summed E-state index contributed by atoms with van der Waals surface area (Å²) in [4.78, 5) is 4.36. The first-order valence-corrected chi connectivity index (χ1v) is 9.43. The molecule has 2 aliphatic rings. The Morgan fingerprint density at radius 1 is 1.19 bits per heavy atom. The first-order chi connectivity index (χ1) is 12.7. The van der Waals surface area contributed by atoms with Gasteiger partial charge >= 0.3 is 0 Å². The summed E-state index contributed by atoms with van der Waals surface area (Å²) in [6, 6.07) is 8.38. The summed E-state index contributed by atoms with van der Waals surface area (Å²) in [7, 11) is 3.49. The molecule has 144 valence electrons. The molecule has 1 saturated carbocycles. The van der Waals surface area contributed by atoms with Crippen molar-refractivity contribution in [2.75, 3.05) is 47.1 Å². The Balaban J connectivity index is 1.53. The van der Waals surface area contributed by atoms with Gasteiger partial charge in [0.15, 0.2) is 5.96 Å². The van der Waals surface area contributed by atoms with E-state index in [0.29, 0.717) is 6.61 Å². The van der Waals surface area contributed by atoms with Gasteiger partial charge in [-0.2, -0.15) is 0 Å². The first-order valence-electron chi connectivity index (χ1n) is 9.43. The van der Waals surface area contributed by atoms with Gasteiger partial charge < -0.3 is 25.2 Å². The van der Waals surface area contributed by atoms with Crippen molar-refractivity contribution >= 4 is 5.96 Å². The van der Waals surface area contributed by atoms with Crippen LogP contribution in [0.3, 0.4) is 0 Å². The topological polar surface area (TPSA) is 75.1 Å². The maximum atomic E-state index is 9.36. The third-order valence-electron chi connectivity index (χ3n) is 5.83. The third-order valence-corrected chi connectivity index (χ3v) is 5.83. The quantitative estimate of drug-likeness (QED) is 0.485. The molecule has 1 aliphatic heterocycles. The van der Waals surface area contributed by atoms with Gasteiger partial charge in [-0.15, -0.1) is 0 Å². The van der Waals surface area contributed by atoms with Gasteiger partial charge in [-0.25, -0.2) is 0 Å². The number of methoxy groups -OCH3 is 1. The monoisotopic (exact) mass is 361 g/mol. The highest BCUT2D eigenvalue weighted by Crippen LogP contribution is 2.47. The van der Waals surface area contributed by atoms with Crippen molar-refractivity contribution in [3.05, 3.63) is 29.8 Å². The van der Waals surface area contributed by atoms with E-state index in [2.05, 4.69) is 27.8 Å². The lowest BCUT2D eigenvalue weighted by atomic mass is 9.84. The number of ether oxygens (including phenoxy) is 2. The molecule has 26 heavy (non-hydrogen) atoms. The summed E-state index contributed by atoms with van der Waals surface area (Å²) in [5, 5.41) is 16.3. The predicted molar refractivity (Wildman–Crippen MR) is 103 cm³/mol. The highest BCUT2D eigenvalue weighted by molar-refractivity contribution is 5.79. The molecule has 3 rings (SSSR count). The van der Waals surface area contributed by atoms with E-state index in [-0.39, 0.29) is 17.4 Å². The number of benzene rings is 1. The molecule has 6 nitrogen and oxygen atoms in total. The van der Waals surface area contributed by atoms with Crippen LogP contribution in [0.4, 0.5) is 0 Å². The zero-order valence-corrected chi connectivity index (χ0v) is 15.9. The Hall–Kier alpha value is -1.79. The molecule has 3 N–H and O–H groups in total. The van der Waals surface area contributed by atoms with Crippen LogP contribution < -0.4 is 15.4 Å². The van der Waals surface area contributed by atoms with Crippen molar-refractivity contribution in [3.8, 4) is 5.75 Å². The molecule has 1 aliphatic carbocycles. The van der Waals surface area contributed by atoms with Crippen LogP contribution in [0, 0.1) is 5.41 Å². The van der Waals surface area contributed by atoms with Crippen LogP contribution in [0.5, 0.6) is 5.75 Å². The normalized spacial score (nSPS) is 24.3. The minimum atomic E-state index is 0.0135. The fourth-order valence-corrected chi connectivity index (χ4v) is 3.72. The van der Waals surface area contributed by atoms with E-state index < -0.39 is 0 Å². The van der Waals surface area contributed by atoms with Gasteiger partial charge in [0.25, 0.3) is 0 Å². The molecule has 1 saturated heterocycles. The summed E-state index contributed by atoms with van der Waals surface area (Å²) >= 11 is 0. The molecular weight excluding hydrogens is 330 g/mol. The van der Waals surface area contributed by atoms with Gasteiger partial charge in [0, 0.05) is 44.2 Å². The Kier molecular flexibility index (Phi) is 6.04. The van der Waals surface area contributed by atoms with E-state index in [1.165, 1.54) is 18.4 Å². The number of aliphatic hydroxyl groups is 1. The van der Waals surface area contributed by atoms with E-state index in [9.17, 15) is 5.11 Å². The molecule has 0 spiro atoms. The molecule has 1 atom stereocenters. The maximum absolute atomic E-state index is 9.36. The van der Waals surface area contributed by atoms with Crippen molar-refractivity contribution < 1.29 is 14.6 Å². The Labute approximate surface area is 156 Å². The Morgan fingerprint density at radius 3 is 2.46 bits per heavy atom. The summed E-state index contributed by atoms with van der Waals surface area (Å²) < 4.78 is 10.8. The molecule has 6 heteroatoms. The number of hydrogen-bond acceptors (Lipinski definition) is 4. The number of nitrogens with zero attached hydrogens (tertiary/aromatic N) is 1. The highest BCUT2D eigenvalue weighted by atomic mass is 16.5. The number of hydrogen-bond donors (Lipinski definition) is 3. The van der Waals surface area contributed by atoms with Crippen molar-refractivity contribution in [3.63, 3.8) is 0 Å². The number of nitrogens with one attached hydrogen (secondary N) is 2. The number of guanidine groups is 1. The second-order valence-corrected chi connectivity index (χ2v) is 7.56. The molecule has 0 radical (unpaired) electrons. The molecule has 1 heterocycles. The third kappa shape index (κ3) is 4.30. The van der Waals surface area contributed by atoms with E-state index in [0.717, 1.165) is 44.2 Å². The average Bonchev–Trinajstić information content (AvgIpc) is 3.33. The maximum Gasteiger partial charge on any atom is 0.191 e. The lowest BCUT2D eigenvalue weighted by Crippen LogP contribution is -2.46. The largest absolute Gasteiger partial charge is 0.497 e. The van der Waals surface area contributed by atoms with Gasteiger partial charge in [-0.1, -0.05) is 12.1 Å². The fourth-order valence-electron chi connectivity index (χ4n) is 3.72. The average molecular weight is 361 g/mol. The van der Waals surface area contributed by atoms with Crippen LogP contribution in [0.25, 0.3) is 0 Å². The molecule has 1 aromatic carbocycles. The number of aliphatic hydroxyl groups excluding tert-OH is 1. The summed E-state index contributed by atoms with van der Waals surface area (Å²) in [6.45, 7) is 3.30. The Bertz CT molecular complexity index is 605. The molecule has 1 aromatic rings. The second kappa shape index (κ2) is 8.27.